The molecule has 0 spiro atoms. The minimum Gasteiger partial charge on any atom is -0.398 e. The van der Waals surface area contributed by atoms with E-state index in [1.165, 1.54) is 12.8 Å². The van der Waals surface area contributed by atoms with Crippen LogP contribution in [0.4, 0.5) is 5.69 Å². The molecule has 3 heterocycles. The van der Waals surface area contributed by atoms with Gasteiger partial charge in [-0.2, -0.15) is 0 Å². The molecule has 100 valence electrons. The van der Waals surface area contributed by atoms with Gasteiger partial charge in [0, 0.05) is 36.8 Å². The fraction of sp³-hybridized carbons (Fsp3) is 0.429. The van der Waals surface area contributed by atoms with Gasteiger partial charge in [0.1, 0.15) is 0 Å². The van der Waals surface area contributed by atoms with E-state index in [0.717, 1.165) is 36.5 Å². The molecule has 0 aromatic carbocycles. The van der Waals surface area contributed by atoms with Crippen LogP contribution in [-0.4, -0.2) is 27.2 Å². The van der Waals surface area contributed by atoms with Gasteiger partial charge in [0.05, 0.1) is 24.3 Å². The number of nitrogens with zero attached hydrogens (tertiary/aromatic N) is 3. The smallest absolute Gasteiger partial charge is 0.0950 e. The van der Waals surface area contributed by atoms with Crippen molar-refractivity contribution in [3.05, 3.63) is 31.0 Å². The van der Waals surface area contributed by atoms with Crippen molar-refractivity contribution in [3.8, 4) is 11.3 Å². The molecule has 0 aliphatic carbocycles. The Kier molecular flexibility index (Phi) is 3.46. The summed E-state index contributed by atoms with van der Waals surface area (Å²) < 4.78 is 7.77. The van der Waals surface area contributed by atoms with Gasteiger partial charge in [-0.3, -0.25) is 4.98 Å². The summed E-state index contributed by atoms with van der Waals surface area (Å²) in [6.07, 6.45) is 10.9. The van der Waals surface area contributed by atoms with Crippen molar-refractivity contribution in [1.82, 2.24) is 14.5 Å². The van der Waals surface area contributed by atoms with E-state index in [1.807, 2.05) is 18.6 Å². The molecule has 1 saturated heterocycles. The Morgan fingerprint density at radius 3 is 3.11 bits per heavy atom. The van der Waals surface area contributed by atoms with Crippen LogP contribution in [0.25, 0.3) is 11.3 Å². The van der Waals surface area contributed by atoms with E-state index < -0.39 is 0 Å². The lowest BCUT2D eigenvalue weighted by atomic mass is 10.1. The maximum atomic E-state index is 5.99. The van der Waals surface area contributed by atoms with E-state index in [2.05, 4.69) is 14.5 Å². The molecule has 2 aromatic rings. The van der Waals surface area contributed by atoms with Gasteiger partial charge in [0.15, 0.2) is 0 Å². The Morgan fingerprint density at radius 2 is 2.32 bits per heavy atom. The Balaban J connectivity index is 1.76. The lowest BCUT2D eigenvalue weighted by Crippen LogP contribution is -2.10. The molecule has 2 aromatic heterocycles. The van der Waals surface area contributed by atoms with Crippen LogP contribution in [0.3, 0.4) is 0 Å². The topological polar surface area (TPSA) is 66.0 Å². The number of nitrogens with two attached hydrogens (primary N) is 1. The third-order valence-corrected chi connectivity index (χ3v) is 3.56. The van der Waals surface area contributed by atoms with E-state index in [9.17, 15) is 0 Å². The highest BCUT2D eigenvalue weighted by atomic mass is 16.5. The molecular formula is C14H18N4O. The highest BCUT2D eigenvalue weighted by Crippen LogP contribution is 2.25. The second-order valence-electron chi connectivity index (χ2n) is 4.86. The van der Waals surface area contributed by atoms with Crippen molar-refractivity contribution >= 4 is 5.69 Å². The van der Waals surface area contributed by atoms with E-state index >= 15 is 0 Å². The highest BCUT2D eigenvalue weighted by Gasteiger charge is 2.16. The van der Waals surface area contributed by atoms with Gasteiger partial charge < -0.3 is 15.0 Å². The lowest BCUT2D eigenvalue weighted by molar-refractivity contribution is 0.100. The average molecular weight is 258 g/mol. The Labute approximate surface area is 112 Å². The summed E-state index contributed by atoms with van der Waals surface area (Å²) in [5.41, 5.74) is 8.68. The monoisotopic (exact) mass is 258 g/mol. The number of rotatable bonds is 4. The van der Waals surface area contributed by atoms with Gasteiger partial charge in [-0.05, 0) is 25.3 Å². The summed E-state index contributed by atoms with van der Waals surface area (Å²) in [6.45, 7) is 1.80. The fourth-order valence-electron chi connectivity index (χ4n) is 2.50. The number of nitrogen functional groups attached to an aromatic ring is 1. The third-order valence-electron chi connectivity index (χ3n) is 3.56. The molecule has 1 aliphatic heterocycles. The molecule has 3 rings (SSSR count). The molecule has 1 aliphatic rings. The van der Waals surface area contributed by atoms with E-state index in [4.69, 9.17) is 10.5 Å². The molecule has 2 N–H and O–H groups in total. The molecule has 19 heavy (non-hydrogen) atoms. The number of hydrogen-bond acceptors (Lipinski definition) is 4. The predicted molar refractivity (Wildman–Crippen MR) is 73.5 cm³/mol. The zero-order valence-electron chi connectivity index (χ0n) is 10.8. The minimum absolute atomic E-state index is 0.390. The molecule has 5 nitrogen and oxygen atoms in total. The van der Waals surface area contributed by atoms with Gasteiger partial charge in [-0.1, -0.05) is 0 Å². The molecule has 1 unspecified atom stereocenters. The first-order valence-corrected chi connectivity index (χ1v) is 6.66. The van der Waals surface area contributed by atoms with E-state index in [-0.39, 0.29) is 0 Å². The molecule has 0 amide bonds. The number of ether oxygens (including phenoxy) is 1. The van der Waals surface area contributed by atoms with Crippen molar-refractivity contribution < 1.29 is 4.74 Å². The first-order chi connectivity index (χ1) is 9.34. The number of aromatic nitrogens is 3. The number of aryl methyl sites for hydroxylation is 1. The number of anilines is 1. The van der Waals surface area contributed by atoms with Gasteiger partial charge in [-0.25, -0.2) is 4.98 Å². The van der Waals surface area contributed by atoms with Crippen LogP contribution in [0.15, 0.2) is 31.0 Å². The van der Waals surface area contributed by atoms with Crippen molar-refractivity contribution in [3.63, 3.8) is 0 Å². The van der Waals surface area contributed by atoms with Crippen LogP contribution in [-0.2, 0) is 11.3 Å². The molecule has 1 fully saturated rings. The largest absolute Gasteiger partial charge is 0.398 e. The van der Waals surface area contributed by atoms with Gasteiger partial charge in [0.25, 0.3) is 0 Å². The number of imidazole rings is 1. The minimum atomic E-state index is 0.390. The van der Waals surface area contributed by atoms with Gasteiger partial charge in [-0.15, -0.1) is 0 Å². The fourth-order valence-corrected chi connectivity index (χ4v) is 2.50. The average Bonchev–Trinajstić information content (AvgIpc) is 3.08. The molecule has 0 bridgehead atoms. The number of hydrogen-bond donors (Lipinski definition) is 1. The summed E-state index contributed by atoms with van der Waals surface area (Å²) in [7, 11) is 0. The predicted octanol–water partition coefficient (Wildman–Crippen LogP) is 2.10. The van der Waals surface area contributed by atoms with Crippen LogP contribution >= 0.6 is 0 Å². The summed E-state index contributed by atoms with van der Waals surface area (Å²) in [5, 5.41) is 0. The molecule has 0 radical (unpaired) electrons. The van der Waals surface area contributed by atoms with Crippen LogP contribution in [0.5, 0.6) is 0 Å². The SMILES string of the molecule is Nc1ccncc1-c1cncn1CCC1CCCO1. The standard InChI is InChI=1S/C14H18N4O/c15-13-3-5-16-8-12(13)14-9-17-10-18(14)6-4-11-2-1-7-19-11/h3,5,8-11H,1-2,4,6-7H2,(H2,15,16). The van der Waals surface area contributed by atoms with E-state index in [1.54, 1.807) is 12.4 Å². The second-order valence-corrected chi connectivity index (χ2v) is 4.86. The quantitative estimate of drug-likeness (QED) is 0.912. The number of pyridine rings is 1. The summed E-state index contributed by atoms with van der Waals surface area (Å²) in [5.74, 6) is 0. The van der Waals surface area contributed by atoms with Crippen molar-refractivity contribution in [2.75, 3.05) is 12.3 Å². The van der Waals surface area contributed by atoms with Gasteiger partial charge in [0.2, 0.25) is 0 Å². The zero-order valence-corrected chi connectivity index (χ0v) is 10.8. The Bertz CT molecular complexity index is 546. The Morgan fingerprint density at radius 1 is 1.37 bits per heavy atom. The summed E-state index contributed by atoms with van der Waals surface area (Å²) >= 11 is 0. The molecule has 1 atom stereocenters. The van der Waals surface area contributed by atoms with Crippen LogP contribution in [0.1, 0.15) is 19.3 Å². The molecule has 0 saturated carbocycles. The normalized spacial score (nSPS) is 18.8. The first kappa shape index (κ1) is 12.2. The van der Waals surface area contributed by atoms with Crippen LogP contribution < -0.4 is 5.73 Å². The summed E-state index contributed by atoms with van der Waals surface area (Å²) in [6, 6.07) is 1.81. The van der Waals surface area contributed by atoms with Crippen molar-refractivity contribution in [2.45, 2.75) is 31.9 Å². The Hall–Kier alpha value is -1.88. The van der Waals surface area contributed by atoms with Crippen molar-refractivity contribution in [2.24, 2.45) is 0 Å². The van der Waals surface area contributed by atoms with Gasteiger partial charge >= 0.3 is 0 Å². The highest BCUT2D eigenvalue weighted by molar-refractivity contribution is 5.72. The lowest BCUT2D eigenvalue weighted by Gasteiger charge is -2.12. The van der Waals surface area contributed by atoms with Crippen LogP contribution in [0, 0.1) is 0 Å². The second kappa shape index (κ2) is 5.40. The zero-order chi connectivity index (χ0) is 13.1. The summed E-state index contributed by atoms with van der Waals surface area (Å²) in [4.78, 5) is 8.36. The van der Waals surface area contributed by atoms with Crippen molar-refractivity contribution in [1.29, 1.82) is 0 Å². The molecule has 5 heteroatoms. The maximum Gasteiger partial charge on any atom is 0.0950 e. The first-order valence-electron chi connectivity index (χ1n) is 6.66. The molecular weight excluding hydrogens is 240 g/mol. The maximum absolute atomic E-state index is 5.99. The third kappa shape index (κ3) is 2.61. The van der Waals surface area contributed by atoms with E-state index in [0.29, 0.717) is 6.10 Å². The van der Waals surface area contributed by atoms with Crippen LogP contribution in [0.2, 0.25) is 0 Å².